The summed E-state index contributed by atoms with van der Waals surface area (Å²) in [5, 5.41) is 4.97. The monoisotopic (exact) mass is 262 g/mol. The van der Waals surface area contributed by atoms with Gasteiger partial charge in [0, 0.05) is 16.3 Å². The summed E-state index contributed by atoms with van der Waals surface area (Å²) >= 11 is 5.81. The fourth-order valence-corrected chi connectivity index (χ4v) is 2.13. The molecule has 1 unspecified atom stereocenters. The zero-order valence-electron chi connectivity index (χ0n) is 10.6. The maximum atomic E-state index is 12.3. The van der Waals surface area contributed by atoms with E-state index in [1.807, 2.05) is 26.8 Å². The largest absolute Gasteiger partial charge is 0.292 e. The molecule has 4 heteroatoms. The molecule has 0 fully saturated rings. The Hall–Kier alpha value is -1.61. The first kappa shape index (κ1) is 12.8. The van der Waals surface area contributed by atoms with Gasteiger partial charge in [-0.15, -0.1) is 0 Å². The smallest absolute Gasteiger partial charge is 0.187 e. The Bertz CT molecular complexity index is 572. The van der Waals surface area contributed by atoms with Crippen molar-refractivity contribution in [3.8, 4) is 0 Å². The summed E-state index contributed by atoms with van der Waals surface area (Å²) in [6, 6.07) is 8.59. The molecule has 2 rings (SSSR count). The van der Waals surface area contributed by atoms with Crippen LogP contribution in [0, 0.1) is 13.8 Å². The highest BCUT2D eigenvalue weighted by molar-refractivity contribution is 6.30. The normalized spacial score (nSPS) is 12.4. The van der Waals surface area contributed by atoms with Crippen LogP contribution in [0.4, 0.5) is 0 Å². The molecule has 0 bridgehead atoms. The third-order valence-corrected chi connectivity index (χ3v) is 3.17. The minimum absolute atomic E-state index is 0.0397. The molecule has 0 aliphatic rings. The van der Waals surface area contributed by atoms with Crippen LogP contribution in [-0.4, -0.2) is 15.6 Å². The quantitative estimate of drug-likeness (QED) is 0.792. The van der Waals surface area contributed by atoms with Crippen molar-refractivity contribution in [1.29, 1.82) is 0 Å². The molecule has 1 heterocycles. The molecule has 1 atom stereocenters. The molecule has 1 aromatic carbocycles. The highest BCUT2D eigenvalue weighted by atomic mass is 35.5. The third kappa shape index (κ3) is 2.46. The number of hydrogen-bond acceptors (Lipinski definition) is 2. The number of Topliss-reactive ketones (excluding diaryl/α,β-unsaturated/α-hetero) is 1. The van der Waals surface area contributed by atoms with Crippen molar-refractivity contribution in [1.82, 2.24) is 9.78 Å². The van der Waals surface area contributed by atoms with E-state index in [-0.39, 0.29) is 11.8 Å². The number of carbonyl (C=O) groups is 1. The Morgan fingerprint density at radius 2 is 1.89 bits per heavy atom. The van der Waals surface area contributed by atoms with E-state index >= 15 is 0 Å². The van der Waals surface area contributed by atoms with Gasteiger partial charge < -0.3 is 0 Å². The van der Waals surface area contributed by atoms with Crippen LogP contribution in [0.1, 0.15) is 34.7 Å². The number of nitrogens with zero attached hydrogens (tertiary/aromatic N) is 2. The van der Waals surface area contributed by atoms with E-state index in [1.165, 1.54) is 0 Å². The Labute approximate surface area is 111 Å². The summed E-state index contributed by atoms with van der Waals surface area (Å²) in [6.45, 7) is 5.73. The van der Waals surface area contributed by atoms with Crippen molar-refractivity contribution in [3.05, 3.63) is 52.3 Å². The topological polar surface area (TPSA) is 34.9 Å². The van der Waals surface area contributed by atoms with Gasteiger partial charge in [0.25, 0.3) is 0 Å². The molecule has 0 saturated heterocycles. The van der Waals surface area contributed by atoms with E-state index in [2.05, 4.69) is 5.10 Å². The molecule has 18 heavy (non-hydrogen) atoms. The number of hydrogen-bond donors (Lipinski definition) is 0. The Balaban J connectivity index is 2.29. The highest BCUT2D eigenvalue weighted by Gasteiger charge is 2.19. The van der Waals surface area contributed by atoms with Gasteiger partial charge in [0.2, 0.25) is 0 Å². The summed E-state index contributed by atoms with van der Waals surface area (Å²) in [5.74, 6) is 0.0397. The van der Waals surface area contributed by atoms with Crippen LogP contribution >= 0.6 is 11.6 Å². The number of aromatic nitrogens is 2. The van der Waals surface area contributed by atoms with E-state index in [9.17, 15) is 4.79 Å². The van der Waals surface area contributed by atoms with Gasteiger partial charge in [-0.1, -0.05) is 11.6 Å². The summed E-state index contributed by atoms with van der Waals surface area (Å²) in [5.41, 5.74) is 2.56. The number of halogens is 1. The Kier molecular flexibility index (Phi) is 3.53. The molecular formula is C14H15ClN2O. The van der Waals surface area contributed by atoms with E-state index in [4.69, 9.17) is 11.6 Å². The van der Waals surface area contributed by atoms with Crippen molar-refractivity contribution >= 4 is 17.4 Å². The maximum Gasteiger partial charge on any atom is 0.187 e. The lowest BCUT2D eigenvalue weighted by Crippen LogP contribution is -2.19. The zero-order valence-corrected chi connectivity index (χ0v) is 11.4. The van der Waals surface area contributed by atoms with Crippen molar-refractivity contribution < 1.29 is 4.79 Å². The SMILES string of the molecule is Cc1cc(C)n(C(C)C(=O)c2ccc(Cl)cc2)n1. The lowest BCUT2D eigenvalue weighted by molar-refractivity contribution is 0.0926. The summed E-state index contributed by atoms with van der Waals surface area (Å²) in [4.78, 5) is 12.3. The number of ketones is 1. The number of rotatable bonds is 3. The van der Waals surface area contributed by atoms with Crippen molar-refractivity contribution in [2.24, 2.45) is 0 Å². The standard InChI is InChI=1S/C14H15ClN2O/c1-9-8-10(2)17(16-9)11(3)14(18)12-4-6-13(15)7-5-12/h4-8,11H,1-3H3. The second-order valence-corrected chi connectivity index (χ2v) is 4.86. The lowest BCUT2D eigenvalue weighted by atomic mass is 10.1. The van der Waals surface area contributed by atoms with Gasteiger partial charge in [0.15, 0.2) is 5.78 Å². The first-order valence-electron chi connectivity index (χ1n) is 5.81. The third-order valence-electron chi connectivity index (χ3n) is 2.92. The van der Waals surface area contributed by atoms with Crippen LogP contribution in [0.15, 0.2) is 30.3 Å². The molecule has 2 aromatic rings. The van der Waals surface area contributed by atoms with Gasteiger partial charge in [-0.05, 0) is 51.1 Å². The van der Waals surface area contributed by atoms with Crippen molar-refractivity contribution in [2.75, 3.05) is 0 Å². The second kappa shape index (κ2) is 4.94. The van der Waals surface area contributed by atoms with Crippen LogP contribution < -0.4 is 0 Å². The van der Waals surface area contributed by atoms with Gasteiger partial charge >= 0.3 is 0 Å². The molecule has 0 spiro atoms. The van der Waals surface area contributed by atoms with Crippen LogP contribution in [0.3, 0.4) is 0 Å². The molecule has 0 aliphatic carbocycles. The minimum Gasteiger partial charge on any atom is -0.292 e. The maximum absolute atomic E-state index is 12.3. The molecular weight excluding hydrogens is 248 g/mol. The molecule has 94 valence electrons. The number of benzene rings is 1. The van der Waals surface area contributed by atoms with Gasteiger partial charge in [-0.2, -0.15) is 5.10 Å². The predicted octanol–water partition coefficient (Wildman–Crippen LogP) is 3.60. The second-order valence-electron chi connectivity index (χ2n) is 4.42. The summed E-state index contributed by atoms with van der Waals surface area (Å²) in [6.07, 6.45) is 0. The molecule has 0 amide bonds. The van der Waals surface area contributed by atoms with Crippen LogP contribution in [0.2, 0.25) is 5.02 Å². The zero-order chi connectivity index (χ0) is 13.3. The molecule has 3 nitrogen and oxygen atoms in total. The Morgan fingerprint density at radius 3 is 2.39 bits per heavy atom. The van der Waals surface area contributed by atoms with Gasteiger partial charge in [-0.3, -0.25) is 9.48 Å². The number of carbonyl (C=O) groups excluding carboxylic acids is 1. The van der Waals surface area contributed by atoms with E-state index < -0.39 is 0 Å². The highest BCUT2D eigenvalue weighted by Crippen LogP contribution is 2.18. The predicted molar refractivity (Wildman–Crippen MR) is 72.2 cm³/mol. The molecule has 0 aliphatic heterocycles. The van der Waals surface area contributed by atoms with Gasteiger partial charge in [-0.25, -0.2) is 0 Å². The molecule has 0 radical (unpaired) electrons. The lowest BCUT2D eigenvalue weighted by Gasteiger charge is -2.13. The summed E-state index contributed by atoms with van der Waals surface area (Å²) in [7, 11) is 0. The van der Waals surface area contributed by atoms with Crippen LogP contribution in [0.25, 0.3) is 0 Å². The molecule has 0 N–H and O–H groups in total. The average Bonchev–Trinajstić information content (AvgIpc) is 2.67. The van der Waals surface area contributed by atoms with E-state index in [0.717, 1.165) is 11.4 Å². The van der Waals surface area contributed by atoms with Crippen LogP contribution in [0.5, 0.6) is 0 Å². The molecule has 1 aromatic heterocycles. The van der Waals surface area contributed by atoms with E-state index in [0.29, 0.717) is 10.6 Å². The fourth-order valence-electron chi connectivity index (χ4n) is 2.00. The first-order chi connectivity index (χ1) is 8.49. The average molecular weight is 263 g/mol. The molecule has 0 saturated carbocycles. The minimum atomic E-state index is -0.306. The van der Waals surface area contributed by atoms with E-state index in [1.54, 1.807) is 28.9 Å². The van der Waals surface area contributed by atoms with Gasteiger partial charge in [0.1, 0.15) is 6.04 Å². The Morgan fingerprint density at radius 1 is 1.28 bits per heavy atom. The number of aryl methyl sites for hydroxylation is 2. The van der Waals surface area contributed by atoms with Crippen LogP contribution in [-0.2, 0) is 0 Å². The van der Waals surface area contributed by atoms with Crippen molar-refractivity contribution in [3.63, 3.8) is 0 Å². The fraction of sp³-hybridized carbons (Fsp3) is 0.286. The first-order valence-corrected chi connectivity index (χ1v) is 6.19. The van der Waals surface area contributed by atoms with Gasteiger partial charge in [0.05, 0.1) is 5.69 Å². The summed E-state index contributed by atoms with van der Waals surface area (Å²) < 4.78 is 1.76. The van der Waals surface area contributed by atoms with Crippen molar-refractivity contribution in [2.45, 2.75) is 26.8 Å².